The van der Waals surface area contributed by atoms with Gasteiger partial charge in [-0.2, -0.15) is 0 Å². The van der Waals surface area contributed by atoms with Gasteiger partial charge >= 0.3 is 0 Å². The van der Waals surface area contributed by atoms with Crippen LogP contribution in [0, 0.1) is 23.3 Å². The van der Waals surface area contributed by atoms with Gasteiger partial charge in [-0.1, -0.05) is 0 Å². The zero-order valence-electron chi connectivity index (χ0n) is 16.8. The fourth-order valence-corrected chi connectivity index (χ4v) is 4.48. The molecular weight excluding hydrogens is 430 g/mol. The summed E-state index contributed by atoms with van der Waals surface area (Å²) in [5, 5.41) is 2.99. The highest BCUT2D eigenvalue weighted by atomic mass is 19.2. The summed E-state index contributed by atoms with van der Waals surface area (Å²) in [6.45, 7) is 0.0910. The molecule has 0 radical (unpaired) electrons. The Hall–Kier alpha value is -3.40. The van der Waals surface area contributed by atoms with Gasteiger partial charge in [0.15, 0.2) is 11.6 Å². The summed E-state index contributed by atoms with van der Waals surface area (Å²) in [7, 11) is 1.50. The molecule has 2 N–H and O–H groups in total. The minimum Gasteiger partial charge on any atom is -0.373 e. The number of fused-ring (bicyclic) bond motifs is 4. The number of aromatic amines is 1. The molecule has 1 amide bonds. The van der Waals surface area contributed by atoms with Crippen LogP contribution in [-0.4, -0.2) is 35.5 Å². The number of anilines is 1. The molecule has 0 bridgehead atoms. The zero-order chi connectivity index (χ0) is 22.7. The molecule has 32 heavy (non-hydrogen) atoms. The van der Waals surface area contributed by atoms with Crippen LogP contribution in [0.4, 0.5) is 23.2 Å². The van der Waals surface area contributed by atoms with Crippen molar-refractivity contribution in [2.75, 3.05) is 19.0 Å². The number of likely N-dealkylation sites (N-methyl/N-ethyl adjacent to an activating group) is 1. The second kappa shape index (κ2) is 7.33. The number of aromatic nitrogens is 1. The highest BCUT2D eigenvalue weighted by Crippen LogP contribution is 2.35. The summed E-state index contributed by atoms with van der Waals surface area (Å²) in [6, 6.07) is 2.09. The molecule has 2 aromatic carbocycles. The standard InChI is InChI=1S/C22H17F4N3O3/c1-29(22(31)17-6-12-13(24)2-9(23)3-16(12)27-17)19-8-32-7-18-20(19)10-4-14(25)15(26)5-11(10)21(30)28-18/h2-5,17,19,27H,6-8H2,1H3,(H,28,30)/t17-,19-/m1/s1. The normalized spacial score (nSPS) is 19.4. The van der Waals surface area contributed by atoms with Crippen LogP contribution < -0.4 is 10.9 Å². The van der Waals surface area contributed by atoms with E-state index in [4.69, 9.17) is 4.74 Å². The monoisotopic (exact) mass is 447 g/mol. The average molecular weight is 447 g/mol. The maximum Gasteiger partial charge on any atom is 0.256 e. The lowest BCUT2D eigenvalue weighted by atomic mass is 9.95. The van der Waals surface area contributed by atoms with Crippen LogP contribution in [0.15, 0.2) is 29.1 Å². The number of hydrogen-bond acceptors (Lipinski definition) is 4. The van der Waals surface area contributed by atoms with E-state index in [1.165, 1.54) is 11.9 Å². The van der Waals surface area contributed by atoms with Gasteiger partial charge in [0.2, 0.25) is 5.91 Å². The highest BCUT2D eigenvalue weighted by Gasteiger charge is 2.36. The van der Waals surface area contributed by atoms with Crippen molar-refractivity contribution in [1.29, 1.82) is 0 Å². The lowest BCUT2D eigenvalue weighted by Crippen LogP contribution is -2.44. The number of hydrogen-bond donors (Lipinski definition) is 2. The number of halogens is 4. The van der Waals surface area contributed by atoms with E-state index in [-0.39, 0.29) is 41.7 Å². The predicted molar refractivity (Wildman–Crippen MR) is 107 cm³/mol. The van der Waals surface area contributed by atoms with Crippen molar-refractivity contribution in [1.82, 2.24) is 9.88 Å². The molecule has 166 valence electrons. The molecular formula is C22H17F4N3O3. The molecule has 0 saturated heterocycles. The van der Waals surface area contributed by atoms with Gasteiger partial charge in [0, 0.05) is 42.0 Å². The summed E-state index contributed by atoms with van der Waals surface area (Å²) in [6.07, 6.45) is 0.0251. The molecule has 2 aliphatic heterocycles. The third kappa shape index (κ3) is 3.13. The Kier molecular flexibility index (Phi) is 4.70. The van der Waals surface area contributed by atoms with Crippen molar-refractivity contribution in [3.63, 3.8) is 0 Å². The average Bonchev–Trinajstić information content (AvgIpc) is 3.18. The summed E-state index contributed by atoms with van der Waals surface area (Å²) in [5.41, 5.74) is 0.641. The van der Waals surface area contributed by atoms with Gasteiger partial charge in [-0.25, -0.2) is 17.6 Å². The molecule has 0 saturated carbocycles. The molecule has 2 aliphatic rings. The van der Waals surface area contributed by atoms with E-state index >= 15 is 0 Å². The van der Waals surface area contributed by atoms with Crippen molar-refractivity contribution in [2.24, 2.45) is 0 Å². The molecule has 10 heteroatoms. The predicted octanol–water partition coefficient (Wildman–Crippen LogP) is 3.15. The first-order chi connectivity index (χ1) is 15.2. The lowest BCUT2D eigenvalue weighted by molar-refractivity contribution is -0.134. The number of nitrogens with one attached hydrogen (secondary N) is 2. The molecule has 1 aromatic heterocycles. The molecule has 0 fully saturated rings. The third-order valence-corrected chi connectivity index (χ3v) is 6.05. The van der Waals surface area contributed by atoms with Gasteiger partial charge in [0.1, 0.15) is 17.7 Å². The van der Waals surface area contributed by atoms with E-state index < -0.39 is 46.8 Å². The van der Waals surface area contributed by atoms with Gasteiger partial charge < -0.3 is 19.9 Å². The topological polar surface area (TPSA) is 74.4 Å². The van der Waals surface area contributed by atoms with Crippen LogP contribution >= 0.6 is 0 Å². The van der Waals surface area contributed by atoms with E-state index in [1.54, 1.807) is 0 Å². The van der Waals surface area contributed by atoms with E-state index in [0.717, 1.165) is 24.3 Å². The second-order valence-electron chi connectivity index (χ2n) is 7.95. The van der Waals surface area contributed by atoms with Crippen molar-refractivity contribution in [2.45, 2.75) is 25.1 Å². The number of amides is 1. The molecule has 5 rings (SSSR count). The smallest absolute Gasteiger partial charge is 0.256 e. The molecule has 6 nitrogen and oxygen atoms in total. The first-order valence-corrected chi connectivity index (χ1v) is 9.87. The fraction of sp³-hybridized carbons (Fsp3) is 0.273. The molecule has 3 aromatic rings. The van der Waals surface area contributed by atoms with Gasteiger partial charge in [0.25, 0.3) is 5.56 Å². The van der Waals surface area contributed by atoms with Gasteiger partial charge in [-0.3, -0.25) is 9.59 Å². The maximum absolute atomic E-state index is 14.1. The molecule has 0 spiro atoms. The van der Waals surface area contributed by atoms with Gasteiger partial charge in [0.05, 0.1) is 24.6 Å². The Morgan fingerprint density at radius 3 is 2.53 bits per heavy atom. The van der Waals surface area contributed by atoms with Crippen molar-refractivity contribution < 1.29 is 27.1 Å². The zero-order valence-corrected chi connectivity index (χ0v) is 16.8. The molecule has 0 aliphatic carbocycles. The fourth-order valence-electron chi connectivity index (χ4n) is 4.48. The number of nitrogens with zero attached hydrogens (tertiary/aromatic N) is 1. The lowest BCUT2D eigenvalue weighted by Gasteiger charge is -2.35. The number of carbonyl (C=O) groups is 1. The Morgan fingerprint density at radius 2 is 1.78 bits per heavy atom. The van der Waals surface area contributed by atoms with Crippen LogP contribution in [0.5, 0.6) is 0 Å². The molecule has 0 unspecified atom stereocenters. The number of carbonyl (C=O) groups excluding carboxylic acids is 1. The van der Waals surface area contributed by atoms with Crippen molar-refractivity contribution in [3.8, 4) is 0 Å². The van der Waals surface area contributed by atoms with Crippen LogP contribution in [0.1, 0.15) is 22.9 Å². The summed E-state index contributed by atoms with van der Waals surface area (Å²) in [4.78, 5) is 29.6. The Balaban J connectivity index is 1.52. The summed E-state index contributed by atoms with van der Waals surface area (Å²) >= 11 is 0. The van der Waals surface area contributed by atoms with Gasteiger partial charge in [-0.15, -0.1) is 0 Å². The largest absolute Gasteiger partial charge is 0.373 e. The molecule has 3 heterocycles. The number of pyridine rings is 1. The van der Waals surface area contributed by atoms with E-state index in [0.29, 0.717) is 11.3 Å². The van der Waals surface area contributed by atoms with Crippen LogP contribution in [-0.2, 0) is 22.6 Å². The van der Waals surface area contributed by atoms with Gasteiger partial charge in [-0.05, 0) is 23.6 Å². The Labute approximate surface area is 178 Å². The highest BCUT2D eigenvalue weighted by molar-refractivity contribution is 5.90. The summed E-state index contributed by atoms with van der Waals surface area (Å²) < 4.78 is 61.0. The Bertz CT molecular complexity index is 1340. The maximum atomic E-state index is 14.1. The van der Waals surface area contributed by atoms with E-state index in [9.17, 15) is 27.2 Å². The quantitative estimate of drug-likeness (QED) is 0.592. The number of benzene rings is 2. The van der Waals surface area contributed by atoms with Crippen molar-refractivity contribution in [3.05, 3.63) is 74.7 Å². The minimum atomic E-state index is -1.15. The number of H-pyrrole nitrogens is 1. The third-order valence-electron chi connectivity index (χ3n) is 6.05. The first-order valence-electron chi connectivity index (χ1n) is 9.87. The summed E-state index contributed by atoms with van der Waals surface area (Å²) in [5.74, 6) is -4.19. The van der Waals surface area contributed by atoms with Crippen LogP contribution in [0.2, 0.25) is 0 Å². The minimum absolute atomic E-state index is 0.0251. The number of rotatable bonds is 2. The Morgan fingerprint density at radius 1 is 1.06 bits per heavy atom. The SMILES string of the molecule is CN(C(=O)[C@H]1Cc2c(F)cc(F)cc2N1)[C@@H]1COCc2[nH]c(=O)c3cc(F)c(F)cc3c21. The van der Waals surface area contributed by atoms with Crippen molar-refractivity contribution >= 4 is 22.4 Å². The van der Waals surface area contributed by atoms with Crippen LogP contribution in [0.25, 0.3) is 10.8 Å². The van der Waals surface area contributed by atoms with E-state index in [2.05, 4.69) is 10.3 Å². The van der Waals surface area contributed by atoms with E-state index in [1.807, 2.05) is 0 Å². The van der Waals surface area contributed by atoms with Crippen LogP contribution in [0.3, 0.4) is 0 Å². The first kappa shape index (κ1) is 20.5. The second-order valence-corrected chi connectivity index (χ2v) is 7.95. The molecule has 2 atom stereocenters. The number of ether oxygens (including phenoxy) is 1.